The van der Waals surface area contributed by atoms with Gasteiger partial charge in [0.15, 0.2) is 0 Å². The number of hydrogen-bond donors (Lipinski definition) is 1. The van der Waals surface area contributed by atoms with E-state index in [1.165, 1.54) is 5.56 Å². The molecule has 0 spiro atoms. The Morgan fingerprint density at radius 3 is 2.39 bits per heavy atom. The molecule has 2 nitrogen and oxygen atoms in total. The molecule has 0 unspecified atom stereocenters. The lowest BCUT2D eigenvalue weighted by Gasteiger charge is -2.00. The molecule has 2 aromatic rings. The van der Waals surface area contributed by atoms with Crippen molar-refractivity contribution in [2.24, 2.45) is 0 Å². The van der Waals surface area contributed by atoms with E-state index in [0.717, 1.165) is 5.56 Å². The van der Waals surface area contributed by atoms with E-state index in [9.17, 15) is 0 Å². The smallest absolute Gasteiger partial charge is 0.115 e. The average Bonchev–Trinajstić information content (AvgIpc) is 2.42. The molecular weight excluding hydrogens is 224 g/mol. The summed E-state index contributed by atoms with van der Waals surface area (Å²) in [4.78, 5) is 0. The first-order valence-corrected chi connectivity index (χ1v) is 5.92. The number of hydrogen-bond acceptors (Lipinski definition) is 2. The van der Waals surface area contributed by atoms with Crippen LogP contribution >= 0.6 is 0 Å². The van der Waals surface area contributed by atoms with Crippen molar-refractivity contribution in [3.05, 3.63) is 71.8 Å². The lowest BCUT2D eigenvalue weighted by Crippen LogP contribution is -1.91. The van der Waals surface area contributed by atoms with Gasteiger partial charge in [-0.2, -0.15) is 0 Å². The van der Waals surface area contributed by atoms with Crippen LogP contribution in [0.5, 0.6) is 5.75 Å². The van der Waals surface area contributed by atoms with E-state index in [0.29, 0.717) is 13.2 Å². The lowest BCUT2D eigenvalue weighted by molar-refractivity contribution is 0.149. The molecule has 2 heteroatoms. The van der Waals surface area contributed by atoms with E-state index in [-0.39, 0.29) is 5.75 Å². The van der Waals surface area contributed by atoms with E-state index in [4.69, 9.17) is 9.84 Å². The van der Waals surface area contributed by atoms with Gasteiger partial charge in [0, 0.05) is 0 Å². The van der Waals surface area contributed by atoms with Crippen LogP contribution in [-0.2, 0) is 11.3 Å². The van der Waals surface area contributed by atoms with Crippen LogP contribution in [0.15, 0.2) is 60.7 Å². The maximum atomic E-state index is 9.14. The Balaban J connectivity index is 1.74. The second kappa shape index (κ2) is 6.62. The summed E-state index contributed by atoms with van der Waals surface area (Å²) in [5, 5.41) is 9.14. The SMILES string of the molecule is Oc1ccc(C=CCOCc2ccccc2)cc1. The highest BCUT2D eigenvalue weighted by Crippen LogP contribution is 2.10. The van der Waals surface area contributed by atoms with Crippen molar-refractivity contribution < 1.29 is 9.84 Å². The fourth-order valence-electron chi connectivity index (χ4n) is 1.59. The van der Waals surface area contributed by atoms with Gasteiger partial charge in [-0.3, -0.25) is 0 Å². The molecule has 0 saturated carbocycles. The molecule has 2 rings (SSSR count). The number of rotatable bonds is 5. The number of benzene rings is 2. The molecule has 0 radical (unpaired) electrons. The van der Waals surface area contributed by atoms with Crippen LogP contribution < -0.4 is 0 Å². The Kier molecular flexibility index (Phi) is 4.56. The lowest BCUT2D eigenvalue weighted by atomic mass is 10.2. The van der Waals surface area contributed by atoms with Gasteiger partial charge >= 0.3 is 0 Å². The summed E-state index contributed by atoms with van der Waals surface area (Å²) in [7, 11) is 0. The summed E-state index contributed by atoms with van der Waals surface area (Å²) in [6.07, 6.45) is 3.94. The van der Waals surface area contributed by atoms with Crippen molar-refractivity contribution in [2.45, 2.75) is 6.61 Å². The topological polar surface area (TPSA) is 29.5 Å². The third kappa shape index (κ3) is 4.07. The van der Waals surface area contributed by atoms with Crippen LogP contribution in [0.2, 0.25) is 0 Å². The van der Waals surface area contributed by atoms with Crippen LogP contribution in [0, 0.1) is 0 Å². The van der Waals surface area contributed by atoms with E-state index >= 15 is 0 Å². The van der Waals surface area contributed by atoms with Gasteiger partial charge in [0.1, 0.15) is 5.75 Å². The molecular formula is C16H16O2. The maximum absolute atomic E-state index is 9.14. The first-order valence-electron chi connectivity index (χ1n) is 5.92. The summed E-state index contributed by atoms with van der Waals surface area (Å²) in [6, 6.07) is 17.2. The zero-order chi connectivity index (χ0) is 12.6. The molecule has 0 aliphatic carbocycles. The number of phenolic OH excluding ortho intramolecular Hbond substituents is 1. The molecule has 0 atom stereocenters. The zero-order valence-electron chi connectivity index (χ0n) is 10.1. The molecule has 1 N–H and O–H groups in total. The van der Waals surface area contributed by atoms with Gasteiger partial charge in [-0.05, 0) is 23.3 Å². The third-order valence-electron chi connectivity index (χ3n) is 2.53. The fraction of sp³-hybridized carbons (Fsp3) is 0.125. The molecule has 2 aromatic carbocycles. The molecule has 18 heavy (non-hydrogen) atoms. The van der Waals surface area contributed by atoms with Crippen molar-refractivity contribution in [1.29, 1.82) is 0 Å². The number of aromatic hydroxyl groups is 1. The molecule has 0 saturated heterocycles. The van der Waals surface area contributed by atoms with Crippen LogP contribution in [0.1, 0.15) is 11.1 Å². The highest BCUT2D eigenvalue weighted by atomic mass is 16.5. The molecule has 0 fully saturated rings. The Morgan fingerprint density at radius 2 is 1.67 bits per heavy atom. The number of ether oxygens (including phenoxy) is 1. The Labute approximate surface area is 107 Å². The minimum atomic E-state index is 0.285. The molecule has 0 bridgehead atoms. The minimum absolute atomic E-state index is 0.285. The second-order valence-electron chi connectivity index (χ2n) is 3.99. The summed E-state index contributed by atoms with van der Waals surface area (Å²) in [5.41, 5.74) is 2.23. The molecule has 0 aromatic heterocycles. The molecule has 0 aliphatic heterocycles. The van der Waals surface area contributed by atoms with E-state index in [2.05, 4.69) is 0 Å². The van der Waals surface area contributed by atoms with E-state index < -0.39 is 0 Å². The van der Waals surface area contributed by atoms with E-state index in [1.54, 1.807) is 12.1 Å². The highest BCUT2D eigenvalue weighted by Gasteiger charge is 1.90. The molecule has 0 amide bonds. The number of phenols is 1. The quantitative estimate of drug-likeness (QED) is 0.809. The van der Waals surface area contributed by atoms with Crippen molar-refractivity contribution >= 4 is 6.08 Å². The first kappa shape index (κ1) is 12.4. The van der Waals surface area contributed by atoms with Crippen molar-refractivity contribution in [1.82, 2.24) is 0 Å². The van der Waals surface area contributed by atoms with Crippen molar-refractivity contribution in [3.8, 4) is 5.75 Å². The van der Waals surface area contributed by atoms with Crippen LogP contribution in [0.3, 0.4) is 0 Å². The predicted octanol–water partition coefficient (Wildman–Crippen LogP) is 3.62. The van der Waals surface area contributed by atoms with E-state index in [1.807, 2.05) is 54.6 Å². The Bertz CT molecular complexity index is 486. The normalized spacial score (nSPS) is 10.9. The summed E-state index contributed by atoms with van der Waals surface area (Å²) in [6.45, 7) is 1.20. The van der Waals surface area contributed by atoms with Gasteiger partial charge < -0.3 is 9.84 Å². The van der Waals surface area contributed by atoms with Crippen molar-refractivity contribution in [3.63, 3.8) is 0 Å². The van der Waals surface area contributed by atoms with Crippen LogP contribution in [0.4, 0.5) is 0 Å². The van der Waals surface area contributed by atoms with Crippen molar-refractivity contribution in [2.75, 3.05) is 6.61 Å². The van der Waals surface area contributed by atoms with Gasteiger partial charge in [-0.15, -0.1) is 0 Å². The third-order valence-corrected chi connectivity index (χ3v) is 2.53. The largest absolute Gasteiger partial charge is 0.508 e. The highest BCUT2D eigenvalue weighted by molar-refractivity contribution is 5.50. The second-order valence-corrected chi connectivity index (χ2v) is 3.99. The van der Waals surface area contributed by atoms with Gasteiger partial charge in [0.25, 0.3) is 0 Å². The predicted molar refractivity (Wildman–Crippen MR) is 73.2 cm³/mol. The van der Waals surface area contributed by atoms with Gasteiger partial charge in [0.05, 0.1) is 13.2 Å². The zero-order valence-corrected chi connectivity index (χ0v) is 10.1. The van der Waals surface area contributed by atoms with Crippen LogP contribution in [0.25, 0.3) is 6.08 Å². The standard InChI is InChI=1S/C16H16O2/c17-16-10-8-14(9-11-16)7-4-12-18-13-15-5-2-1-3-6-15/h1-11,17H,12-13H2. The molecule has 0 aliphatic rings. The van der Waals surface area contributed by atoms with Gasteiger partial charge in [0.2, 0.25) is 0 Å². The van der Waals surface area contributed by atoms with Crippen LogP contribution in [-0.4, -0.2) is 11.7 Å². The minimum Gasteiger partial charge on any atom is -0.508 e. The fourth-order valence-corrected chi connectivity index (χ4v) is 1.59. The molecule has 92 valence electrons. The summed E-state index contributed by atoms with van der Waals surface area (Å²) in [5.74, 6) is 0.285. The Hall–Kier alpha value is -2.06. The first-order chi connectivity index (χ1) is 8.84. The molecule has 0 heterocycles. The average molecular weight is 240 g/mol. The monoisotopic (exact) mass is 240 g/mol. The Morgan fingerprint density at radius 1 is 0.944 bits per heavy atom. The summed E-state index contributed by atoms with van der Waals surface area (Å²) < 4.78 is 5.53. The maximum Gasteiger partial charge on any atom is 0.115 e. The van der Waals surface area contributed by atoms with Gasteiger partial charge in [-0.25, -0.2) is 0 Å². The van der Waals surface area contributed by atoms with Gasteiger partial charge in [-0.1, -0.05) is 54.6 Å². The summed E-state index contributed by atoms with van der Waals surface area (Å²) >= 11 is 0.